The summed E-state index contributed by atoms with van der Waals surface area (Å²) in [5.41, 5.74) is 12.3. The number of fused-ring (bicyclic) bond motifs is 1. The van der Waals surface area contributed by atoms with E-state index in [1.54, 1.807) is 11.8 Å². The summed E-state index contributed by atoms with van der Waals surface area (Å²) in [5, 5.41) is 0. The third-order valence-electron chi connectivity index (χ3n) is 5.65. The zero-order valence-corrected chi connectivity index (χ0v) is 19.8. The Morgan fingerprint density at radius 3 is 2.28 bits per heavy atom. The van der Waals surface area contributed by atoms with Gasteiger partial charge in [0.2, 0.25) is 0 Å². The highest BCUT2D eigenvalue weighted by Crippen LogP contribution is 2.33. The van der Waals surface area contributed by atoms with Crippen LogP contribution in [0.3, 0.4) is 0 Å². The molecule has 2 aromatic carbocycles. The van der Waals surface area contributed by atoms with Gasteiger partial charge in [-0.05, 0) is 110 Å². The van der Waals surface area contributed by atoms with Crippen LogP contribution in [0.5, 0.6) is 0 Å². The van der Waals surface area contributed by atoms with Crippen LogP contribution in [-0.2, 0) is 19.3 Å². The molecule has 0 heterocycles. The molecule has 3 rings (SSSR count). The van der Waals surface area contributed by atoms with Crippen molar-refractivity contribution in [3.63, 3.8) is 0 Å². The lowest BCUT2D eigenvalue weighted by Gasteiger charge is -2.19. The molecule has 0 aromatic heterocycles. The smallest absolute Gasteiger partial charge is 0.00699 e. The average Bonchev–Trinajstić information content (AvgIpc) is 2.70. The van der Waals surface area contributed by atoms with Crippen LogP contribution in [0.2, 0.25) is 0 Å². The zero-order chi connectivity index (χ0) is 21.6. The van der Waals surface area contributed by atoms with Crippen molar-refractivity contribution in [2.75, 3.05) is 6.26 Å². The quantitative estimate of drug-likeness (QED) is 0.451. The average molecular weight is 405 g/mol. The molecule has 0 N–H and O–H groups in total. The first-order chi connectivity index (χ1) is 13.8. The molecule has 0 nitrogen and oxygen atoms in total. The number of thioether (sulfide) groups is 1. The van der Waals surface area contributed by atoms with Crippen LogP contribution < -0.4 is 0 Å². The van der Waals surface area contributed by atoms with Crippen LogP contribution in [0.1, 0.15) is 65.6 Å². The number of rotatable bonds is 5. The largest absolute Gasteiger partial charge is 0.130 e. The lowest BCUT2D eigenvalue weighted by molar-refractivity contribution is 0.823. The number of hydrogen-bond acceptors (Lipinski definition) is 1. The fourth-order valence-electron chi connectivity index (χ4n) is 3.87. The maximum Gasteiger partial charge on any atom is 0.00699 e. The Labute approximate surface area is 182 Å². The van der Waals surface area contributed by atoms with Crippen molar-refractivity contribution in [2.45, 2.75) is 59.8 Å². The van der Waals surface area contributed by atoms with Gasteiger partial charge in [-0.15, -0.1) is 11.8 Å². The predicted octanol–water partition coefficient (Wildman–Crippen LogP) is 8.35. The minimum absolute atomic E-state index is 1.01. The molecule has 0 spiro atoms. The molecule has 0 amide bonds. The molecular formula is C28H36S. The molecule has 0 saturated carbocycles. The SMILES string of the molecule is C=C(C)Cc1cc(C)c(CC)cc1C.C=C(SC)c1ccc2c(c1)C(=C)CCC2. The molecule has 1 aliphatic carbocycles. The molecule has 0 fully saturated rings. The summed E-state index contributed by atoms with van der Waals surface area (Å²) in [4.78, 5) is 1.14. The Balaban J connectivity index is 0.000000208. The molecule has 0 aliphatic heterocycles. The fraction of sp³-hybridized carbons (Fsp3) is 0.357. The van der Waals surface area contributed by atoms with Gasteiger partial charge in [-0.1, -0.05) is 56.5 Å². The van der Waals surface area contributed by atoms with Crippen molar-refractivity contribution in [1.29, 1.82) is 0 Å². The van der Waals surface area contributed by atoms with Crippen molar-refractivity contribution in [3.8, 4) is 0 Å². The molecule has 2 aromatic rings. The Morgan fingerprint density at radius 1 is 1.00 bits per heavy atom. The molecule has 0 radical (unpaired) electrons. The summed E-state index contributed by atoms with van der Waals surface area (Å²) in [5.74, 6) is 0. The molecular weight excluding hydrogens is 368 g/mol. The van der Waals surface area contributed by atoms with Gasteiger partial charge in [-0.3, -0.25) is 0 Å². The van der Waals surface area contributed by atoms with E-state index < -0.39 is 0 Å². The third-order valence-corrected chi connectivity index (χ3v) is 6.38. The number of benzene rings is 2. The van der Waals surface area contributed by atoms with E-state index in [1.807, 2.05) is 0 Å². The van der Waals surface area contributed by atoms with Crippen LogP contribution in [-0.4, -0.2) is 6.26 Å². The van der Waals surface area contributed by atoms with Crippen molar-refractivity contribution < 1.29 is 0 Å². The standard InChI is InChI=1S/C14H16S.C14H20/c1-10-5-4-6-12-7-8-13(9-14(10)12)11(2)15-3;1-6-13-8-12(5)14(7-10(2)3)9-11(13)4/h7-9H,1-2,4-6H2,3H3;8-9H,2,6-7H2,1,3-5H3. The third kappa shape index (κ3) is 6.24. The second-order valence-corrected chi connectivity index (χ2v) is 9.05. The second-order valence-electron chi connectivity index (χ2n) is 8.15. The van der Waals surface area contributed by atoms with Gasteiger partial charge in [0.1, 0.15) is 0 Å². The normalized spacial score (nSPS) is 12.7. The minimum atomic E-state index is 1.01. The zero-order valence-electron chi connectivity index (χ0n) is 19.0. The Kier molecular flexibility index (Phi) is 8.59. The molecule has 0 atom stereocenters. The van der Waals surface area contributed by atoms with Gasteiger partial charge in [0.15, 0.2) is 0 Å². The summed E-state index contributed by atoms with van der Waals surface area (Å²) < 4.78 is 0. The van der Waals surface area contributed by atoms with Gasteiger partial charge in [0.05, 0.1) is 0 Å². The Bertz CT molecular complexity index is 914. The van der Waals surface area contributed by atoms with E-state index in [0.717, 1.165) is 24.2 Å². The first kappa shape index (κ1) is 23.3. The van der Waals surface area contributed by atoms with Gasteiger partial charge in [0.25, 0.3) is 0 Å². The first-order valence-electron chi connectivity index (χ1n) is 10.5. The highest BCUT2D eigenvalue weighted by molar-refractivity contribution is 8.07. The topological polar surface area (TPSA) is 0 Å². The molecule has 1 aliphatic rings. The van der Waals surface area contributed by atoms with Gasteiger partial charge in [0, 0.05) is 4.91 Å². The van der Waals surface area contributed by atoms with E-state index in [9.17, 15) is 0 Å². The maximum absolute atomic E-state index is 4.15. The van der Waals surface area contributed by atoms with Gasteiger partial charge >= 0.3 is 0 Å². The van der Waals surface area contributed by atoms with E-state index in [1.165, 1.54) is 62.9 Å². The lowest BCUT2D eigenvalue weighted by Crippen LogP contribution is -2.01. The molecule has 29 heavy (non-hydrogen) atoms. The van der Waals surface area contributed by atoms with Gasteiger partial charge in [-0.2, -0.15) is 0 Å². The van der Waals surface area contributed by atoms with Crippen LogP contribution in [0, 0.1) is 13.8 Å². The van der Waals surface area contributed by atoms with E-state index in [-0.39, 0.29) is 0 Å². The summed E-state index contributed by atoms with van der Waals surface area (Å²) in [6, 6.07) is 11.3. The van der Waals surface area contributed by atoms with Crippen molar-refractivity contribution >= 4 is 22.2 Å². The minimum Gasteiger partial charge on any atom is -0.130 e. The van der Waals surface area contributed by atoms with Crippen LogP contribution in [0.4, 0.5) is 0 Å². The van der Waals surface area contributed by atoms with E-state index in [0.29, 0.717) is 0 Å². The molecule has 0 unspecified atom stereocenters. The predicted molar refractivity (Wildman–Crippen MR) is 135 cm³/mol. The van der Waals surface area contributed by atoms with Crippen molar-refractivity contribution in [3.05, 3.63) is 94.6 Å². The number of hydrogen-bond donors (Lipinski definition) is 0. The second kappa shape index (κ2) is 10.7. The molecule has 1 heteroatoms. The first-order valence-corrected chi connectivity index (χ1v) is 11.8. The summed E-state index contributed by atoms with van der Waals surface area (Å²) in [7, 11) is 0. The van der Waals surface area contributed by atoms with Gasteiger partial charge < -0.3 is 0 Å². The summed E-state index contributed by atoms with van der Waals surface area (Å²) in [6.45, 7) is 20.8. The Morgan fingerprint density at radius 2 is 1.66 bits per heavy atom. The van der Waals surface area contributed by atoms with Crippen LogP contribution in [0.25, 0.3) is 10.5 Å². The summed E-state index contributed by atoms with van der Waals surface area (Å²) in [6.07, 6.45) is 7.78. The maximum atomic E-state index is 4.15. The van der Waals surface area contributed by atoms with E-state index >= 15 is 0 Å². The molecule has 0 saturated heterocycles. The molecule has 0 bridgehead atoms. The van der Waals surface area contributed by atoms with Crippen molar-refractivity contribution in [2.24, 2.45) is 0 Å². The van der Waals surface area contributed by atoms with E-state index in [4.69, 9.17) is 0 Å². The fourth-order valence-corrected chi connectivity index (χ4v) is 4.24. The highest BCUT2D eigenvalue weighted by atomic mass is 32.2. The Hall–Kier alpha value is -1.99. The lowest BCUT2D eigenvalue weighted by atomic mass is 9.87. The summed E-state index contributed by atoms with van der Waals surface area (Å²) >= 11 is 1.71. The number of allylic oxidation sites excluding steroid dienone is 2. The van der Waals surface area contributed by atoms with E-state index in [2.05, 4.69) is 84.0 Å². The molecule has 154 valence electrons. The van der Waals surface area contributed by atoms with Crippen molar-refractivity contribution in [1.82, 2.24) is 0 Å². The number of aryl methyl sites for hydroxylation is 4. The monoisotopic (exact) mass is 404 g/mol. The highest BCUT2D eigenvalue weighted by Gasteiger charge is 2.13. The van der Waals surface area contributed by atoms with Crippen LogP contribution >= 0.6 is 11.8 Å². The van der Waals surface area contributed by atoms with Gasteiger partial charge in [-0.25, -0.2) is 0 Å². The van der Waals surface area contributed by atoms with Crippen LogP contribution in [0.15, 0.2) is 55.6 Å².